The predicted molar refractivity (Wildman–Crippen MR) is 136 cm³/mol. The van der Waals surface area contributed by atoms with Gasteiger partial charge in [-0.3, -0.25) is 4.79 Å². The van der Waals surface area contributed by atoms with E-state index in [2.05, 4.69) is 5.32 Å². The highest BCUT2D eigenvalue weighted by Gasteiger charge is 2.39. The van der Waals surface area contributed by atoms with Crippen LogP contribution < -0.4 is 5.32 Å². The summed E-state index contributed by atoms with van der Waals surface area (Å²) in [5, 5.41) is 3.08. The van der Waals surface area contributed by atoms with Crippen molar-refractivity contribution in [1.29, 1.82) is 0 Å². The van der Waals surface area contributed by atoms with E-state index in [-0.39, 0.29) is 34.5 Å². The summed E-state index contributed by atoms with van der Waals surface area (Å²) in [5.74, 6) is -1.12. The molecule has 14 heteroatoms. The number of hydrogen-bond donors (Lipinski definition) is 1. The van der Waals surface area contributed by atoms with Crippen LogP contribution in [0.2, 0.25) is 4.34 Å². The molecule has 2 aromatic heterocycles. The molecule has 196 valence electrons. The molecule has 0 radical (unpaired) electrons. The molecular weight excluding hydrogens is 550 g/mol. The Balaban J connectivity index is 1.61. The molecule has 1 atom stereocenters. The average Bonchev–Trinajstić information content (AvgIpc) is 3.46. The molecule has 2 aliphatic rings. The van der Waals surface area contributed by atoms with Crippen molar-refractivity contribution in [2.45, 2.75) is 49.4 Å². The molecule has 4 rings (SSSR count). The number of methoxy groups -OCH3 is 1. The largest absolute Gasteiger partial charge is 0.465 e. The number of amides is 2. The van der Waals surface area contributed by atoms with E-state index in [0.717, 1.165) is 16.2 Å². The van der Waals surface area contributed by atoms with E-state index in [9.17, 15) is 22.8 Å². The zero-order chi connectivity index (χ0) is 26.0. The van der Waals surface area contributed by atoms with Crippen LogP contribution in [0, 0.1) is 0 Å². The van der Waals surface area contributed by atoms with Crippen molar-refractivity contribution in [3.63, 3.8) is 0 Å². The molecule has 10 nitrogen and oxygen atoms in total. The van der Waals surface area contributed by atoms with Gasteiger partial charge in [0, 0.05) is 18.0 Å². The standard InChI is InChI=1S/C22H26ClN3O7S3/c1-3-33-22(29)25-11-9-13-15(12-25)34-20(18(13)21(28)32-2)24-19(27)14-6-4-5-10-26(14)36(30,31)17-8-7-16(23)35-17/h7-8,14H,3-6,9-12H2,1-2H3,(H,24,27). The van der Waals surface area contributed by atoms with Crippen molar-refractivity contribution in [3.05, 3.63) is 32.5 Å². The normalized spacial score (nSPS) is 18.4. The van der Waals surface area contributed by atoms with Gasteiger partial charge in [0.15, 0.2) is 0 Å². The summed E-state index contributed by atoms with van der Waals surface area (Å²) < 4.78 is 38.2. The lowest BCUT2D eigenvalue weighted by Crippen LogP contribution is -2.49. The first-order valence-electron chi connectivity index (χ1n) is 11.4. The zero-order valence-corrected chi connectivity index (χ0v) is 22.9. The number of rotatable bonds is 6. The van der Waals surface area contributed by atoms with Gasteiger partial charge in [-0.15, -0.1) is 22.7 Å². The van der Waals surface area contributed by atoms with Gasteiger partial charge in [-0.2, -0.15) is 4.31 Å². The first kappa shape index (κ1) is 26.9. The number of anilines is 1. The van der Waals surface area contributed by atoms with Crippen molar-refractivity contribution < 1.29 is 32.3 Å². The number of carbonyl (C=O) groups is 3. The van der Waals surface area contributed by atoms with Crippen molar-refractivity contribution in [2.24, 2.45) is 0 Å². The van der Waals surface area contributed by atoms with Crippen LogP contribution >= 0.6 is 34.3 Å². The second kappa shape index (κ2) is 11.1. The van der Waals surface area contributed by atoms with Gasteiger partial charge in [-0.05, 0) is 43.9 Å². The molecule has 1 N–H and O–H groups in total. The molecule has 0 saturated carbocycles. The van der Waals surface area contributed by atoms with Gasteiger partial charge in [-0.25, -0.2) is 18.0 Å². The number of hydrogen-bond acceptors (Lipinski definition) is 9. The summed E-state index contributed by atoms with van der Waals surface area (Å²) in [4.78, 5) is 40.6. The number of esters is 1. The molecule has 2 aliphatic heterocycles. The Kier molecular flexibility index (Phi) is 8.25. The highest BCUT2D eigenvalue weighted by atomic mass is 35.5. The summed E-state index contributed by atoms with van der Waals surface area (Å²) in [5.41, 5.74) is 0.952. The second-order valence-corrected chi connectivity index (χ2v) is 13.2. The molecule has 1 fully saturated rings. The fourth-order valence-corrected chi connectivity index (χ4v) is 8.90. The fraction of sp³-hybridized carbons (Fsp3) is 0.500. The maximum Gasteiger partial charge on any atom is 0.410 e. The van der Waals surface area contributed by atoms with Crippen LogP contribution in [-0.2, 0) is 37.3 Å². The number of halogens is 1. The van der Waals surface area contributed by atoms with E-state index < -0.39 is 34.0 Å². The van der Waals surface area contributed by atoms with Crippen LogP contribution in [0.25, 0.3) is 0 Å². The van der Waals surface area contributed by atoms with Gasteiger partial charge in [0.2, 0.25) is 5.91 Å². The number of ether oxygens (including phenoxy) is 2. The van der Waals surface area contributed by atoms with E-state index in [1.165, 1.54) is 39.8 Å². The van der Waals surface area contributed by atoms with E-state index in [0.29, 0.717) is 42.1 Å². The first-order valence-corrected chi connectivity index (χ1v) is 14.8. The zero-order valence-electron chi connectivity index (χ0n) is 19.7. The lowest BCUT2D eigenvalue weighted by molar-refractivity contribution is -0.120. The lowest BCUT2D eigenvalue weighted by Gasteiger charge is -2.33. The van der Waals surface area contributed by atoms with Gasteiger partial charge in [-0.1, -0.05) is 18.0 Å². The molecule has 0 aromatic carbocycles. The minimum absolute atomic E-state index is 0.0769. The van der Waals surface area contributed by atoms with E-state index in [1.54, 1.807) is 6.92 Å². The molecule has 0 spiro atoms. The maximum absolute atomic E-state index is 13.4. The van der Waals surface area contributed by atoms with Crippen LogP contribution in [0.4, 0.5) is 9.80 Å². The van der Waals surface area contributed by atoms with Gasteiger partial charge < -0.3 is 19.7 Å². The van der Waals surface area contributed by atoms with Gasteiger partial charge in [0.1, 0.15) is 15.3 Å². The maximum atomic E-state index is 13.4. The van der Waals surface area contributed by atoms with E-state index in [1.807, 2.05) is 0 Å². The monoisotopic (exact) mass is 575 g/mol. The highest BCUT2D eigenvalue weighted by molar-refractivity contribution is 7.91. The topological polar surface area (TPSA) is 122 Å². The summed E-state index contributed by atoms with van der Waals surface area (Å²) >= 11 is 8.07. The summed E-state index contributed by atoms with van der Waals surface area (Å²) in [6, 6.07) is 2.01. The molecule has 1 saturated heterocycles. The van der Waals surface area contributed by atoms with Gasteiger partial charge >= 0.3 is 12.1 Å². The number of carbonyl (C=O) groups excluding carboxylic acids is 3. The van der Waals surface area contributed by atoms with Crippen LogP contribution in [0.1, 0.15) is 47.0 Å². The molecule has 2 amide bonds. The van der Waals surface area contributed by atoms with Crippen molar-refractivity contribution in [3.8, 4) is 0 Å². The number of nitrogens with one attached hydrogen (secondary N) is 1. The van der Waals surface area contributed by atoms with Crippen LogP contribution in [0.15, 0.2) is 16.3 Å². The third kappa shape index (κ3) is 5.25. The third-order valence-corrected chi connectivity index (χ3v) is 10.8. The quantitative estimate of drug-likeness (QED) is 0.517. The molecule has 1 unspecified atom stereocenters. The lowest BCUT2D eigenvalue weighted by atomic mass is 10.0. The predicted octanol–water partition coefficient (Wildman–Crippen LogP) is 3.95. The Morgan fingerprint density at radius 3 is 2.64 bits per heavy atom. The van der Waals surface area contributed by atoms with Crippen molar-refractivity contribution >= 4 is 67.3 Å². The van der Waals surface area contributed by atoms with Crippen LogP contribution in [0.5, 0.6) is 0 Å². The van der Waals surface area contributed by atoms with Gasteiger partial charge in [0.25, 0.3) is 10.0 Å². The summed E-state index contributed by atoms with van der Waals surface area (Å²) in [6.07, 6.45) is 1.62. The number of fused-ring (bicyclic) bond motifs is 1. The second-order valence-electron chi connectivity index (χ2n) is 8.25. The van der Waals surface area contributed by atoms with Crippen LogP contribution in [-0.4, -0.2) is 68.4 Å². The van der Waals surface area contributed by atoms with Crippen LogP contribution in [0.3, 0.4) is 0 Å². The van der Waals surface area contributed by atoms with E-state index >= 15 is 0 Å². The minimum atomic E-state index is -3.92. The summed E-state index contributed by atoms with van der Waals surface area (Å²) in [6.45, 7) is 2.78. The van der Waals surface area contributed by atoms with Crippen molar-refractivity contribution in [2.75, 3.05) is 32.1 Å². The first-order chi connectivity index (χ1) is 17.2. The number of piperidine rings is 1. The number of nitrogens with zero attached hydrogens (tertiary/aromatic N) is 2. The molecule has 0 aliphatic carbocycles. The average molecular weight is 576 g/mol. The fourth-order valence-electron chi connectivity index (χ4n) is 4.38. The van der Waals surface area contributed by atoms with Crippen molar-refractivity contribution in [1.82, 2.24) is 9.21 Å². The Labute approximate surface area is 222 Å². The molecular formula is C22H26ClN3O7S3. The Bertz CT molecular complexity index is 1270. The Morgan fingerprint density at radius 2 is 1.97 bits per heavy atom. The Morgan fingerprint density at radius 1 is 1.19 bits per heavy atom. The third-order valence-electron chi connectivity index (χ3n) is 6.08. The molecule has 2 aromatic rings. The van der Waals surface area contributed by atoms with Gasteiger partial charge in [0.05, 0.1) is 30.2 Å². The van der Waals surface area contributed by atoms with E-state index in [4.69, 9.17) is 21.1 Å². The molecule has 4 heterocycles. The smallest absolute Gasteiger partial charge is 0.410 e. The summed E-state index contributed by atoms with van der Waals surface area (Å²) in [7, 11) is -2.67. The highest BCUT2D eigenvalue weighted by Crippen LogP contribution is 2.39. The SMILES string of the molecule is CCOC(=O)N1CCc2c(sc(NC(=O)C3CCCCN3S(=O)(=O)c3ccc(Cl)s3)c2C(=O)OC)C1. The molecule has 0 bridgehead atoms. The minimum Gasteiger partial charge on any atom is -0.465 e. The molecule has 36 heavy (non-hydrogen) atoms. The number of thiophene rings is 2. The number of sulfonamides is 1. The Hall–Kier alpha value is -2.19.